The summed E-state index contributed by atoms with van der Waals surface area (Å²) >= 11 is 0. The van der Waals surface area contributed by atoms with Gasteiger partial charge < -0.3 is 10.5 Å². The summed E-state index contributed by atoms with van der Waals surface area (Å²) < 4.78 is 56.5. The SMILES string of the molecule is NCC(COc1cccc(C(F)(F)F)c1)c1cccc(F)c1. The molecule has 0 aliphatic carbocycles. The minimum atomic E-state index is -4.42. The fourth-order valence-corrected chi connectivity index (χ4v) is 2.02. The number of hydrogen-bond acceptors (Lipinski definition) is 2. The van der Waals surface area contributed by atoms with E-state index in [1.165, 1.54) is 24.3 Å². The Morgan fingerprint density at radius 1 is 1.05 bits per heavy atom. The third kappa shape index (κ3) is 4.21. The van der Waals surface area contributed by atoms with Crippen molar-refractivity contribution in [2.24, 2.45) is 5.73 Å². The van der Waals surface area contributed by atoms with Gasteiger partial charge in [0.25, 0.3) is 0 Å². The standard InChI is InChI=1S/C16H15F4NO/c17-14-5-1-3-11(7-14)12(9-21)10-22-15-6-2-4-13(8-15)16(18,19)20/h1-8,12H,9-10,21H2. The summed E-state index contributed by atoms with van der Waals surface area (Å²) in [6, 6.07) is 10.5. The van der Waals surface area contributed by atoms with Gasteiger partial charge in [-0.2, -0.15) is 13.2 Å². The number of benzene rings is 2. The molecule has 0 bridgehead atoms. The molecule has 0 amide bonds. The van der Waals surface area contributed by atoms with Crippen LogP contribution in [0.15, 0.2) is 48.5 Å². The molecule has 0 aliphatic heterocycles. The van der Waals surface area contributed by atoms with Crippen molar-refractivity contribution >= 4 is 0 Å². The first-order valence-electron chi connectivity index (χ1n) is 6.65. The summed E-state index contributed by atoms with van der Waals surface area (Å²) in [6.07, 6.45) is -4.42. The average molecular weight is 313 g/mol. The molecule has 1 atom stereocenters. The van der Waals surface area contributed by atoms with Crippen molar-refractivity contribution in [1.29, 1.82) is 0 Å². The zero-order valence-electron chi connectivity index (χ0n) is 11.6. The Balaban J connectivity index is 2.08. The Hall–Kier alpha value is -2.08. The molecule has 2 aromatic rings. The van der Waals surface area contributed by atoms with Crippen LogP contribution in [0, 0.1) is 5.82 Å². The molecule has 2 N–H and O–H groups in total. The van der Waals surface area contributed by atoms with Gasteiger partial charge in [0.1, 0.15) is 11.6 Å². The molecular formula is C16H15F4NO. The Labute approximate surface area is 125 Å². The van der Waals surface area contributed by atoms with Crippen LogP contribution in [-0.4, -0.2) is 13.2 Å². The van der Waals surface area contributed by atoms with E-state index in [0.717, 1.165) is 12.1 Å². The van der Waals surface area contributed by atoms with Crippen molar-refractivity contribution in [3.05, 3.63) is 65.5 Å². The molecule has 1 unspecified atom stereocenters. The predicted molar refractivity (Wildman–Crippen MR) is 75.1 cm³/mol. The summed E-state index contributed by atoms with van der Waals surface area (Å²) in [7, 11) is 0. The maximum absolute atomic E-state index is 13.2. The molecule has 22 heavy (non-hydrogen) atoms. The highest BCUT2D eigenvalue weighted by Crippen LogP contribution is 2.31. The van der Waals surface area contributed by atoms with E-state index in [1.807, 2.05) is 0 Å². The second kappa shape index (κ2) is 6.79. The lowest BCUT2D eigenvalue weighted by Crippen LogP contribution is -2.20. The number of halogens is 4. The fourth-order valence-electron chi connectivity index (χ4n) is 2.02. The maximum atomic E-state index is 13.2. The maximum Gasteiger partial charge on any atom is 0.416 e. The van der Waals surface area contributed by atoms with Crippen LogP contribution < -0.4 is 10.5 Å². The van der Waals surface area contributed by atoms with E-state index in [1.54, 1.807) is 12.1 Å². The van der Waals surface area contributed by atoms with Gasteiger partial charge in [-0.3, -0.25) is 0 Å². The number of rotatable bonds is 5. The van der Waals surface area contributed by atoms with Crippen LogP contribution in [-0.2, 0) is 6.18 Å². The smallest absolute Gasteiger partial charge is 0.416 e. The highest BCUT2D eigenvalue weighted by atomic mass is 19.4. The summed E-state index contributed by atoms with van der Waals surface area (Å²) in [4.78, 5) is 0. The molecule has 6 heteroatoms. The van der Waals surface area contributed by atoms with Crippen molar-refractivity contribution in [3.63, 3.8) is 0 Å². The fraction of sp³-hybridized carbons (Fsp3) is 0.250. The Morgan fingerprint density at radius 3 is 2.41 bits per heavy atom. The first kappa shape index (κ1) is 16.3. The van der Waals surface area contributed by atoms with Crippen LogP contribution >= 0.6 is 0 Å². The molecule has 2 rings (SSSR count). The van der Waals surface area contributed by atoms with Crippen molar-refractivity contribution < 1.29 is 22.3 Å². The zero-order valence-corrected chi connectivity index (χ0v) is 11.6. The highest BCUT2D eigenvalue weighted by Gasteiger charge is 2.30. The number of ether oxygens (including phenoxy) is 1. The molecule has 0 aromatic heterocycles. The monoisotopic (exact) mass is 313 g/mol. The molecule has 2 aromatic carbocycles. The van der Waals surface area contributed by atoms with Crippen LogP contribution in [0.2, 0.25) is 0 Å². The van der Waals surface area contributed by atoms with Crippen molar-refractivity contribution in [2.45, 2.75) is 12.1 Å². The molecule has 2 nitrogen and oxygen atoms in total. The van der Waals surface area contributed by atoms with Crippen molar-refractivity contribution in [1.82, 2.24) is 0 Å². The molecule has 0 spiro atoms. The minimum Gasteiger partial charge on any atom is -0.493 e. The first-order valence-corrected chi connectivity index (χ1v) is 6.65. The molecular weight excluding hydrogens is 298 g/mol. The van der Waals surface area contributed by atoms with Gasteiger partial charge >= 0.3 is 6.18 Å². The van der Waals surface area contributed by atoms with E-state index < -0.39 is 17.6 Å². The summed E-state index contributed by atoms with van der Waals surface area (Å²) in [5.74, 6) is -0.593. The van der Waals surface area contributed by atoms with Crippen molar-refractivity contribution in [2.75, 3.05) is 13.2 Å². The van der Waals surface area contributed by atoms with Gasteiger partial charge in [0.05, 0.1) is 12.2 Å². The first-order chi connectivity index (χ1) is 10.4. The second-order valence-corrected chi connectivity index (χ2v) is 4.82. The van der Waals surface area contributed by atoms with Gasteiger partial charge in [-0.1, -0.05) is 18.2 Å². The van der Waals surface area contributed by atoms with E-state index >= 15 is 0 Å². The summed E-state index contributed by atoms with van der Waals surface area (Å²) in [6.45, 7) is 0.268. The Morgan fingerprint density at radius 2 is 1.77 bits per heavy atom. The lowest BCUT2D eigenvalue weighted by Gasteiger charge is -2.17. The molecule has 0 aliphatic rings. The third-order valence-electron chi connectivity index (χ3n) is 3.22. The van der Waals surface area contributed by atoms with Gasteiger partial charge in [-0.25, -0.2) is 4.39 Å². The van der Waals surface area contributed by atoms with Crippen LogP contribution in [0.4, 0.5) is 17.6 Å². The predicted octanol–water partition coefficient (Wildman–Crippen LogP) is 3.97. The minimum absolute atomic E-state index is 0.0707. The van der Waals surface area contributed by atoms with Gasteiger partial charge in [-0.05, 0) is 35.9 Å². The second-order valence-electron chi connectivity index (χ2n) is 4.82. The van der Waals surface area contributed by atoms with E-state index in [0.29, 0.717) is 5.56 Å². The molecule has 0 saturated carbocycles. The topological polar surface area (TPSA) is 35.2 Å². The highest BCUT2D eigenvalue weighted by molar-refractivity contribution is 5.30. The molecule has 0 heterocycles. The summed E-state index contributed by atoms with van der Waals surface area (Å²) in [5, 5.41) is 0. The van der Waals surface area contributed by atoms with E-state index in [9.17, 15) is 17.6 Å². The Bertz CT molecular complexity index is 628. The zero-order chi connectivity index (χ0) is 16.2. The van der Waals surface area contributed by atoms with E-state index in [4.69, 9.17) is 10.5 Å². The normalized spacial score (nSPS) is 13.0. The van der Waals surface area contributed by atoms with Crippen LogP contribution in [0.25, 0.3) is 0 Å². The molecule has 0 fully saturated rings. The van der Waals surface area contributed by atoms with E-state index in [2.05, 4.69) is 0 Å². The van der Waals surface area contributed by atoms with Gasteiger partial charge in [0, 0.05) is 12.5 Å². The summed E-state index contributed by atoms with van der Waals surface area (Å²) in [5.41, 5.74) is 5.51. The van der Waals surface area contributed by atoms with Crippen LogP contribution in [0.3, 0.4) is 0 Å². The van der Waals surface area contributed by atoms with Gasteiger partial charge in [0.2, 0.25) is 0 Å². The quantitative estimate of drug-likeness (QED) is 0.848. The Kier molecular flexibility index (Phi) is 5.03. The molecule has 0 saturated heterocycles. The number of nitrogens with two attached hydrogens (primary N) is 1. The number of alkyl halides is 3. The lowest BCUT2D eigenvalue weighted by atomic mass is 10.0. The van der Waals surface area contributed by atoms with Crippen LogP contribution in [0.1, 0.15) is 17.0 Å². The third-order valence-corrected chi connectivity index (χ3v) is 3.22. The van der Waals surface area contributed by atoms with Gasteiger partial charge in [-0.15, -0.1) is 0 Å². The van der Waals surface area contributed by atoms with Crippen LogP contribution in [0.5, 0.6) is 5.75 Å². The lowest BCUT2D eigenvalue weighted by molar-refractivity contribution is -0.137. The average Bonchev–Trinajstić information content (AvgIpc) is 2.47. The van der Waals surface area contributed by atoms with Crippen molar-refractivity contribution in [3.8, 4) is 5.75 Å². The molecule has 118 valence electrons. The van der Waals surface area contributed by atoms with E-state index in [-0.39, 0.29) is 24.8 Å². The largest absolute Gasteiger partial charge is 0.493 e. The molecule has 0 radical (unpaired) electrons. The van der Waals surface area contributed by atoms with Gasteiger partial charge in [0.15, 0.2) is 0 Å². The number of hydrogen-bond donors (Lipinski definition) is 1.